The van der Waals surface area contributed by atoms with Crippen LogP contribution < -0.4 is 5.32 Å². The monoisotopic (exact) mass is 283 g/mol. The number of aromatic nitrogens is 2. The SMILES string of the molecule is CC(C)c1nnc(NC(=O)[C@H]2[C@H](C(=O)O)C2(C)C)s1. The molecule has 19 heavy (non-hydrogen) atoms. The van der Waals surface area contributed by atoms with E-state index in [1.54, 1.807) is 13.8 Å². The lowest BCUT2D eigenvalue weighted by Gasteiger charge is -2.01. The molecule has 2 N–H and O–H groups in total. The Kier molecular flexibility index (Phi) is 3.34. The number of carbonyl (C=O) groups is 2. The lowest BCUT2D eigenvalue weighted by Crippen LogP contribution is -2.17. The minimum atomic E-state index is -0.926. The Balaban J connectivity index is 2.04. The molecule has 0 spiro atoms. The van der Waals surface area contributed by atoms with Crippen molar-refractivity contribution < 1.29 is 14.7 Å². The molecule has 0 aliphatic heterocycles. The predicted molar refractivity (Wildman–Crippen MR) is 71.0 cm³/mol. The first-order chi connectivity index (χ1) is 8.75. The number of nitrogens with one attached hydrogen (secondary N) is 1. The second kappa shape index (κ2) is 4.56. The van der Waals surface area contributed by atoms with Gasteiger partial charge in [0.25, 0.3) is 0 Å². The second-order valence-electron chi connectivity index (χ2n) is 5.70. The molecule has 1 aliphatic rings. The van der Waals surface area contributed by atoms with E-state index < -0.39 is 23.2 Å². The van der Waals surface area contributed by atoms with E-state index in [1.807, 2.05) is 13.8 Å². The fourth-order valence-electron chi connectivity index (χ4n) is 2.29. The van der Waals surface area contributed by atoms with Crippen molar-refractivity contribution >= 4 is 28.3 Å². The van der Waals surface area contributed by atoms with Crippen molar-refractivity contribution in [3.8, 4) is 0 Å². The summed E-state index contributed by atoms with van der Waals surface area (Å²) in [6.45, 7) is 7.57. The molecule has 1 heterocycles. The Labute approximate surface area is 115 Å². The second-order valence-corrected chi connectivity index (χ2v) is 6.71. The fourth-order valence-corrected chi connectivity index (χ4v) is 3.04. The molecule has 1 fully saturated rings. The lowest BCUT2D eigenvalue weighted by atomic mass is 10.1. The summed E-state index contributed by atoms with van der Waals surface area (Å²) in [5, 5.41) is 20.9. The number of carboxylic acids is 1. The van der Waals surface area contributed by atoms with Gasteiger partial charge in [-0.2, -0.15) is 0 Å². The van der Waals surface area contributed by atoms with Gasteiger partial charge in [-0.15, -0.1) is 10.2 Å². The largest absolute Gasteiger partial charge is 0.481 e. The van der Waals surface area contributed by atoms with Crippen LogP contribution in [0.1, 0.15) is 38.6 Å². The summed E-state index contributed by atoms with van der Waals surface area (Å²) in [6, 6.07) is 0. The molecular weight excluding hydrogens is 266 g/mol. The minimum absolute atomic E-state index is 0.257. The highest BCUT2D eigenvalue weighted by Crippen LogP contribution is 2.58. The predicted octanol–water partition coefficient (Wildman–Crippen LogP) is 1.96. The number of carboxylic acid groups (broad SMARTS) is 1. The standard InChI is InChI=1S/C12H17N3O3S/c1-5(2)9-14-15-11(19-9)13-8(16)6-7(10(17)18)12(6,3)4/h5-7H,1-4H3,(H,17,18)(H,13,15,16)/t6-,7-/m1/s1. The number of hydrogen-bond acceptors (Lipinski definition) is 5. The van der Waals surface area contributed by atoms with E-state index in [0.717, 1.165) is 5.01 Å². The third kappa shape index (κ3) is 2.47. The Morgan fingerprint density at radius 2 is 1.95 bits per heavy atom. The van der Waals surface area contributed by atoms with Crippen molar-refractivity contribution in [2.24, 2.45) is 17.3 Å². The zero-order chi connectivity index (χ0) is 14.4. The quantitative estimate of drug-likeness (QED) is 0.881. The van der Waals surface area contributed by atoms with Crippen LogP contribution in [0, 0.1) is 17.3 Å². The minimum Gasteiger partial charge on any atom is -0.481 e. The van der Waals surface area contributed by atoms with E-state index in [1.165, 1.54) is 11.3 Å². The number of anilines is 1. The summed E-state index contributed by atoms with van der Waals surface area (Å²) in [5.41, 5.74) is -0.499. The lowest BCUT2D eigenvalue weighted by molar-refractivity contribution is -0.140. The van der Waals surface area contributed by atoms with Crippen molar-refractivity contribution in [3.05, 3.63) is 5.01 Å². The van der Waals surface area contributed by atoms with Crippen molar-refractivity contribution in [1.82, 2.24) is 10.2 Å². The average molecular weight is 283 g/mol. The highest BCUT2D eigenvalue weighted by atomic mass is 32.1. The summed E-state index contributed by atoms with van der Waals surface area (Å²) in [6.07, 6.45) is 0. The highest BCUT2D eigenvalue weighted by Gasteiger charge is 2.66. The van der Waals surface area contributed by atoms with E-state index in [0.29, 0.717) is 5.13 Å². The molecule has 0 radical (unpaired) electrons. The van der Waals surface area contributed by atoms with Gasteiger partial charge in [0.15, 0.2) is 0 Å². The van der Waals surface area contributed by atoms with Crippen LogP contribution in [-0.4, -0.2) is 27.2 Å². The maximum atomic E-state index is 12.0. The molecule has 1 aromatic heterocycles. The number of carbonyl (C=O) groups excluding carboxylic acids is 1. The van der Waals surface area contributed by atoms with Gasteiger partial charge < -0.3 is 10.4 Å². The highest BCUT2D eigenvalue weighted by molar-refractivity contribution is 7.15. The van der Waals surface area contributed by atoms with Gasteiger partial charge >= 0.3 is 5.97 Å². The molecular formula is C12H17N3O3S. The molecule has 104 valence electrons. The molecule has 0 unspecified atom stereocenters. The molecule has 6 nitrogen and oxygen atoms in total. The molecule has 1 aromatic rings. The normalized spacial score (nSPS) is 24.3. The van der Waals surface area contributed by atoms with Crippen LogP contribution in [0.15, 0.2) is 0 Å². The van der Waals surface area contributed by atoms with Gasteiger partial charge in [-0.25, -0.2) is 0 Å². The summed E-state index contributed by atoms with van der Waals surface area (Å²) >= 11 is 1.32. The molecule has 0 saturated heterocycles. The number of amides is 1. The van der Waals surface area contributed by atoms with Gasteiger partial charge in [0, 0.05) is 5.92 Å². The zero-order valence-corrected chi connectivity index (χ0v) is 12.1. The maximum absolute atomic E-state index is 12.0. The number of nitrogens with zero attached hydrogens (tertiary/aromatic N) is 2. The maximum Gasteiger partial charge on any atom is 0.307 e. The summed E-state index contributed by atoms with van der Waals surface area (Å²) in [7, 11) is 0. The van der Waals surface area contributed by atoms with Gasteiger partial charge in [-0.05, 0) is 5.41 Å². The van der Waals surface area contributed by atoms with Gasteiger partial charge in [0.2, 0.25) is 11.0 Å². The molecule has 0 bridgehead atoms. The van der Waals surface area contributed by atoms with E-state index in [-0.39, 0.29) is 11.8 Å². The van der Waals surface area contributed by atoms with Gasteiger partial charge in [0.05, 0.1) is 11.8 Å². The van der Waals surface area contributed by atoms with E-state index >= 15 is 0 Å². The fraction of sp³-hybridized carbons (Fsp3) is 0.667. The van der Waals surface area contributed by atoms with E-state index in [9.17, 15) is 9.59 Å². The molecule has 1 aliphatic carbocycles. The first kappa shape index (κ1) is 13.9. The van der Waals surface area contributed by atoms with Gasteiger partial charge in [-0.3, -0.25) is 9.59 Å². The van der Waals surface area contributed by atoms with Crippen LogP contribution in [0.3, 0.4) is 0 Å². The molecule has 7 heteroatoms. The van der Waals surface area contributed by atoms with Gasteiger partial charge in [0.1, 0.15) is 5.01 Å². The first-order valence-corrected chi connectivity index (χ1v) is 6.94. The van der Waals surface area contributed by atoms with Crippen molar-refractivity contribution in [2.75, 3.05) is 5.32 Å². The van der Waals surface area contributed by atoms with Crippen LogP contribution in [0.4, 0.5) is 5.13 Å². The topological polar surface area (TPSA) is 92.2 Å². The number of aliphatic carboxylic acids is 1. The van der Waals surface area contributed by atoms with Crippen LogP contribution in [-0.2, 0) is 9.59 Å². The average Bonchev–Trinajstić information content (AvgIpc) is 2.67. The Morgan fingerprint density at radius 3 is 2.37 bits per heavy atom. The zero-order valence-electron chi connectivity index (χ0n) is 11.3. The number of rotatable bonds is 4. The van der Waals surface area contributed by atoms with Crippen LogP contribution in [0.25, 0.3) is 0 Å². The Bertz CT molecular complexity index is 524. The summed E-state index contributed by atoms with van der Waals surface area (Å²) in [4.78, 5) is 23.1. The Morgan fingerprint density at radius 1 is 1.32 bits per heavy atom. The molecule has 2 atom stereocenters. The third-order valence-corrected chi connectivity index (χ3v) is 4.68. The molecule has 0 aromatic carbocycles. The Hall–Kier alpha value is -1.50. The summed E-state index contributed by atoms with van der Waals surface area (Å²) in [5.74, 6) is -2.08. The number of hydrogen-bond donors (Lipinski definition) is 2. The first-order valence-electron chi connectivity index (χ1n) is 6.12. The smallest absolute Gasteiger partial charge is 0.307 e. The summed E-state index contributed by atoms with van der Waals surface area (Å²) < 4.78 is 0. The molecule has 1 amide bonds. The molecule has 1 saturated carbocycles. The van der Waals surface area contributed by atoms with E-state index in [4.69, 9.17) is 5.11 Å². The third-order valence-electron chi connectivity index (χ3n) is 3.54. The van der Waals surface area contributed by atoms with E-state index in [2.05, 4.69) is 15.5 Å². The van der Waals surface area contributed by atoms with Crippen LogP contribution >= 0.6 is 11.3 Å². The van der Waals surface area contributed by atoms with Crippen molar-refractivity contribution in [1.29, 1.82) is 0 Å². The van der Waals surface area contributed by atoms with Gasteiger partial charge in [-0.1, -0.05) is 39.0 Å². The van der Waals surface area contributed by atoms with Crippen LogP contribution in [0.5, 0.6) is 0 Å². The van der Waals surface area contributed by atoms with Crippen LogP contribution in [0.2, 0.25) is 0 Å². The molecule has 2 rings (SSSR count). The van der Waals surface area contributed by atoms with Crippen molar-refractivity contribution in [2.45, 2.75) is 33.6 Å². The van der Waals surface area contributed by atoms with Crippen molar-refractivity contribution in [3.63, 3.8) is 0 Å².